The first-order valence-electron chi connectivity index (χ1n) is 8.68. The maximum atomic E-state index is 14.5. The summed E-state index contributed by atoms with van der Waals surface area (Å²) in [7, 11) is 0. The number of carbonyl (C=O) groups is 2. The Hall–Kier alpha value is -3.04. The number of hydrazine groups is 1. The number of nitrogens with one attached hydrogen (secondary N) is 1. The van der Waals surface area contributed by atoms with Crippen molar-refractivity contribution in [3.05, 3.63) is 65.2 Å². The van der Waals surface area contributed by atoms with Crippen molar-refractivity contribution in [1.29, 1.82) is 0 Å². The molecule has 0 bridgehead atoms. The number of ether oxygens (including phenoxy) is 1. The Kier molecular flexibility index (Phi) is 6.17. The molecule has 1 saturated heterocycles. The summed E-state index contributed by atoms with van der Waals surface area (Å²) in [5, 5.41) is 0. The Morgan fingerprint density at radius 3 is 2.54 bits per heavy atom. The summed E-state index contributed by atoms with van der Waals surface area (Å²) < 4.78 is 33.5. The number of nitrogens with two attached hydrogens (primary N) is 1. The lowest BCUT2D eigenvalue weighted by Gasteiger charge is -2.33. The van der Waals surface area contributed by atoms with E-state index in [1.807, 2.05) is 5.43 Å². The Bertz CT molecular complexity index is 872. The lowest BCUT2D eigenvalue weighted by Crippen LogP contribution is -2.48. The van der Waals surface area contributed by atoms with E-state index >= 15 is 0 Å². The predicted octanol–water partition coefficient (Wildman–Crippen LogP) is 2.03. The number of morpholine rings is 1. The van der Waals surface area contributed by atoms with Gasteiger partial charge in [-0.1, -0.05) is 12.1 Å². The van der Waals surface area contributed by atoms with Gasteiger partial charge in [0.1, 0.15) is 11.6 Å². The van der Waals surface area contributed by atoms with Crippen molar-refractivity contribution < 1.29 is 23.1 Å². The third kappa shape index (κ3) is 4.44. The number of halogens is 2. The van der Waals surface area contributed by atoms with Crippen LogP contribution in [0, 0.1) is 11.6 Å². The maximum Gasteiger partial charge on any atom is 0.324 e. The van der Waals surface area contributed by atoms with Gasteiger partial charge in [-0.05, 0) is 30.3 Å². The summed E-state index contributed by atoms with van der Waals surface area (Å²) in [5.74, 6) is 3.26. The summed E-state index contributed by atoms with van der Waals surface area (Å²) in [6, 6.07) is 9.01. The zero-order valence-electron chi connectivity index (χ0n) is 15.0. The van der Waals surface area contributed by atoms with Crippen LogP contribution in [0.3, 0.4) is 0 Å². The molecule has 0 unspecified atom stereocenters. The van der Waals surface area contributed by atoms with Gasteiger partial charge in [-0.15, -0.1) is 0 Å². The summed E-state index contributed by atoms with van der Waals surface area (Å²) in [6.07, 6.45) is 0. The molecule has 0 aliphatic carbocycles. The number of hydrogen-bond donors (Lipinski definition) is 2. The first-order valence-corrected chi connectivity index (χ1v) is 8.68. The van der Waals surface area contributed by atoms with Gasteiger partial charge in [0.05, 0.1) is 19.8 Å². The molecular weight excluding hydrogens is 370 g/mol. The number of anilines is 1. The molecule has 1 aliphatic heterocycles. The first-order chi connectivity index (χ1) is 13.5. The molecule has 1 heterocycles. The quantitative estimate of drug-likeness (QED) is 0.475. The molecule has 0 atom stereocenters. The van der Waals surface area contributed by atoms with Crippen LogP contribution in [0.4, 0.5) is 19.3 Å². The van der Waals surface area contributed by atoms with Crippen LogP contribution in [0.1, 0.15) is 15.9 Å². The first kappa shape index (κ1) is 19.7. The van der Waals surface area contributed by atoms with E-state index in [0.717, 1.165) is 6.07 Å². The molecule has 2 aromatic carbocycles. The second-order valence-electron chi connectivity index (χ2n) is 6.23. The van der Waals surface area contributed by atoms with Crippen LogP contribution in [0.5, 0.6) is 0 Å². The van der Waals surface area contributed by atoms with Crippen molar-refractivity contribution >= 4 is 17.6 Å². The minimum Gasteiger partial charge on any atom is -0.378 e. The number of hydrogen-bond acceptors (Lipinski definition) is 4. The molecule has 1 fully saturated rings. The van der Waals surface area contributed by atoms with Gasteiger partial charge >= 0.3 is 6.03 Å². The normalized spacial score (nSPS) is 13.9. The second-order valence-corrected chi connectivity index (χ2v) is 6.23. The average molecular weight is 390 g/mol. The van der Waals surface area contributed by atoms with E-state index < -0.39 is 17.5 Å². The summed E-state index contributed by atoms with van der Waals surface area (Å²) in [5.41, 5.74) is 2.47. The van der Waals surface area contributed by atoms with Gasteiger partial charge in [0, 0.05) is 29.9 Å². The van der Waals surface area contributed by atoms with E-state index in [9.17, 15) is 18.4 Å². The van der Waals surface area contributed by atoms with Crippen LogP contribution in [0.15, 0.2) is 42.5 Å². The fourth-order valence-electron chi connectivity index (χ4n) is 2.91. The van der Waals surface area contributed by atoms with E-state index in [2.05, 4.69) is 0 Å². The van der Waals surface area contributed by atoms with Gasteiger partial charge in [0.15, 0.2) is 0 Å². The highest BCUT2D eigenvalue weighted by Crippen LogP contribution is 2.22. The Labute approximate surface area is 160 Å². The van der Waals surface area contributed by atoms with Crippen LogP contribution < -0.4 is 16.2 Å². The number of benzene rings is 2. The minimum atomic E-state index is -0.669. The highest BCUT2D eigenvalue weighted by atomic mass is 19.1. The molecule has 0 spiro atoms. The highest BCUT2D eigenvalue weighted by Gasteiger charge is 2.25. The summed E-state index contributed by atoms with van der Waals surface area (Å²) in [6.45, 7) is 1.46. The number of carbonyl (C=O) groups excluding carboxylic acids is 2. The van der Waals surface area contributed by atoms with Crippen LogP contribution >= 0.6 is 0 Å². The van der Waals surface area contributed by atoms with Crippen molar-refractivity contribution in [2.24, 2.45) is 5.84 Å². The lowest BCUT2D eigenvalue weighted by molar-refractivity contribution is 0.0548. The molecule has 3 rings (SSSR count). The SMILES string of the molecule is NNC(=O)c1ccc(CN(C(=O)N2CCOCC2)c2cccc(F)c2)c(F)c1. The largest absolute Gasteiger partial charge is 0.378 e. The molecule has 2 aromatic rings. The molecule has 3 N–H and O–H groups in total. The minimum absolute atomic E-state index is 0.0561. The molecule has 28 heavy (non-hydrogen) atoms. The van der Waals surface area contributed by atoms with Crippen LogP contribution in [0.2, 0.25) is 0 Å². The highest BCUT2D eigenvalue weighted by molar-refractivity contribution is 5.94. The van der Waals surface area contributed by atoms with E-state index in [1.165, 1.54) is 35.2 Å². The molecule has 0 aromatic heterocycles. The van der Waals surface area contributed by atoms with Gasteiger partial charge in [0.25, 0.3) is 5.91 Å². The summed E-state index contributed by atoms with van der Waals surface area (Å²) in [4.78, 5) is 27.4. The molecule has 0 radical (unpaired) electrons. The van der Waals surface area contributed by atoms with Crippen LogP contribution in [-0.2, 0) is 11.3 Å². The molecule has 1 aliphatic rings. The van der Waals surface area contributed by atoms with E-state index in [4.69, 9.17) is 10.6 Å². The number of rotatable bonds is 4. The fraction of sp³-hybridized carbons (Fsp3) is 0.263. The van der Waals surface area contributed by atoms with Gasteiger partial charge in [-0.3, -0.25) is 15.1 Å². The van der Waals surface area contributed by atoms with Gasteiger partial charge in [-0.2, -0.15) is 0 Å². The van der Waals surface area contributed by atoms with E-state index in [0.29, 0.717) is 32.0 Å². The van der Waals surface area contributed by atoms with Crippen molar-refractivity contribution in [3.8, 4) is 0 Å². The monoisotopic (exact) mass is 390 g/mol. The van der Waals surface area contributed by atoms with Crippen LogP contribution in [0.25, 0.3) is 0 Å². The predicted molar refractivity (Wildman–Crippen MR) is 98.4 cm³/mol. The fourth-order valence-corrected chi connectivity index (χ4v) is 2.91. The van der Waals surface area contributed by atoms with Crippen molar-refractivity contribution in [3.63, 3.8) is 0 Å². The van der Waals surface area contributed by atoms with Gasteiger partial charge < -0.3 is 9.64 Å². The molecular formula is C19H20F2N4O3. The van der Waals surface area contributed by atoms with E-state index in [1.54, 1.807) is 11.0 Å². The molecule has 148 valence electrons. The Morgan fingerprint density at radius 1 is 1.14 bits per heavy atom. The lowest BCUT2D eigenvalue weighted by atomic mass is 10.1. The van der Waals surface area contributed by atoms with Crippen molar-refractivity contribution in [1.82, 2.24) is 10.3 Å². The third-order valence-corrected chi connectivity index (χ3v) is 4.41. The number of amides is 3. The second kappa shape index (κ2) is 8.77. The number of nitrogens with zero attached hydrogens (tertiary/aromatic N) is 2. The van der Waals surface area contributed by atoms with Crippen molar-refractivity contribution in [2.75, 3.05) is 31.2 Å². The van der Waals surface area contributed by atoms with E-state index in [-0.39, 0.29) is 23.7 Å². The molecule has 3 amide bonds. The Morgan fingerprint density at radius 2 is 1.89 bits per heavy atom. The zero-order chi connectivity index (χ0) is 20.1. The molecule has 7 nitrogen and oxygen atoms in total. The van der Waals surface area contributed by atoms with Crippen molar-refractivity contribution in [2.45, 2.75) is 6.54 Å². The summed E-state index contributed by atoms with van der Waals surface area (Å²) >= 11 is 0. The third-order valence-electron chi connectivity index (χ3n) is 4.41. The zero-order valence-corrected chi connectivity index (χ0v) is 15.0. The number of nitrogen functional groups attached to an aromatic ring is 1. The number of urea groups is 1. The van der Waals surface area contributed by atoms with Gasteiger partial charge in [0.2, 0.25) is 0 Å². The smallest absolute Gasteiger partial charge is 0.324 e. The topological polar surface area (TPSA) is 87.9 Å². The molecule has 9 heteroatoms. The van der Waals surface area contributed by atoms with Gasteiger partial charge in [-0.25, -0.2) is 19.4 Å². The Balaban J connectivity index is 1.91. The molecule has 0 saturated carbocycles. The standard InChI is InChI=1S/C19H20F2N4O3/c20-15-2-1-3-16(11-15)25(19(27)24-6-8-28-9-7-24)12-14-5-4-13(10-17(14)21)18(26)23-22/h1-5,10-11H,6-9,12,22H2,(H,23,26). The maximum absolute atomic E-state index is 14.5. The average Bonchev–Trinajstić information content (AvgIpc) is 2.72. The van der Waals surface area contributed by atoms with Crippen LogP contribution in [-0.4, -0.2) is 43.1 Å².